The summed E-state index contributed by atoms with van der Waals surface area (Å²) in [5, 5.41) is 10.9. The zero-order chi connectivity index (χ0) is 25.9. The van der Waals surface area contributed by atoms with Gasteiger partial charge in [0.15, 0.2) is 5.78 Å². The Hall–Kier alpha value is -4.88. The predicted molar refractivity (Wildman–Crippen MR) is 142 cm³/mol. The van der Waals surface area contributed by atoms with Crippen LogP contribution in [0.15, 0.2) is 103 Å². The maximum absolute atomic E-state index is 13.5. The maximum Gasteiger partial charge on any atom is 0.269 e. The fourth-order valence-corrected chi connectivity index (χ4v) is 4.42. The first-order valence-electron chi connectivity index (χ1n) is 11.8. The first kappa shape index (κ1) is 23.8. The Morgan fingerprint density at radius 3 is 2.14 bits per heavy atom. The van der Waals surface area contributed by atoms with E-state index in [9.17, 15) is 19.7 Å². The monoisotopic (exact) mass is 489 g/mol. The van der Waals surface area contributed by atoms with E-state index in [0.717, 1.165) is 22.3 Å². The lowest BCUT2D eigenvalue weighted by Gasteiger charge is -2.07. The van der Waals surface area contributed by atoms with Gasteiger partial charge in [-0.3, -0.25) is 19.7 Å². The molecule has 5 aromatic rings. The molecule has 0 amide bonds. The molecule has 0 aliphatic carbocycles. The number of non-ortho nitro benzene ring substituents is 1. The Morgan fingerprint density at radius 1 is 0.811 bits per heavy atom. The van der Waals surface area contributed by atoms with Crippen molar-refractivity contribution in [3.05, 3.63) is 141 Å². The molecule has 0 aliphatic heterocycles. The number of hydrogen-bond donors (Lipinski definition) is 1. The highest BCUT2D eigenvalue weighted by Gasteiger charge is 2.20. The van der Waals surface area contributed by atoms with E-state index in [-0.39, 0.29) is 23.8 Å². The molecular weight excluding hydrogens is 466 g/mol. The predicted octanol–water partition coefficient (Wildman–Crippen LogP) is 5.48. The third-order valence-electron chi connectivity index (χ3n) is 6.36. The average Bonchev–Trinajstić information content (AvgIpc) is 3.32. The molecule has 2 N–H and O–H groups in total. The van der Waals surface area contributed by atoms with E-state index in [2.05, 4.69) is 0 Å². The third-order valence-corrected chi connectivity index (χ3v) is 6.36. The molecule has 2 heterocycles. The van der Waals surface area contributed by atoms with Crippen molar-refractivity contribution in [3.8, 4) is 11.1 Å². The number of pyridine rings is 1. The molecule has 7 nitrogen and oxygen atoms in total. The number of benzene rings is 3. The molecular formula is C30H23N3O4. The highest BCUT2D eigenvalue weighted by molar-refractivity contribution is 6.12. The van der Waals surface area contributed by atoms with Gasteiger partial charge < -0.3 is 10.1 Å². The summed E-state index contributed by atoms with van der Waals surface area (Å²) >= 11 is 0. The molecule has 3 aromatic carbocycles. The Morgan fingerprint density at radius 2 is 1.49 bits per heavy atom. The molecule has 5 rings (SSSR count). The number of nitro groups is 1. The van der Waals surface area contributed by atoms with Gasteiger partial charge in [-0.2, -0.15) is 0 Å². The topological polar surface area (TPSA) is 108 Å². The largest absolute Gasteiger partial charge is 0.324 e. The highest BCUT2D eigenvalue weighted by atomic mass is 16.6. The second-order valence-electron chi connectivity index (χ2n) is 8.73. The Bertz CT molecular complexity index is 1620. The normalized spacial score (nSPS) is 10.9. The fourth-order valence-electron chi connectivity index (χ4n) is 4.42. The highest BCUT2D eigenvalue weighted by Crippen LogP contribution is 2.25. The van der Waals surface area contributed by atoms with Crippen LogP contribution in [0.3, 0.4) is 0 Å². The molecule has 182 valence electrons. The molecule has 0 unspecified atom stereocenters. The van der Waals surface area contributed by atoms with Gasteiger partial charge in [0.1, 0.15) is 0 Å². The van der Waals surface area contributed by atoms with E-state index in [4.69, 9.17) is 5.73 Å². The smallest absolute Gasteiger partial charge is 0.269 e. The molecule has 0 saturated heterocycles. The van der Waals surface area contributed by atoms with Crippen molar-refractivity contribution >= 4 is 22.8 Å². The number of nitrogens with two attached hydrogens (primary N) is 1. The van der Waals surface area contributed by atoms with Crippen LogP contribution in [0.4, 0.5) is 5.69 Å². The van der Waals surface area contributed by atoms with Gasteiger partial charge in [-0.1, -0.05) is 66.7 Å². The molecule has 0 atom stereocenters. The lowest BCUT2D eigenvalue weighted by molar-refractivity contribution is -0.384. The van der Waals surface area contributed by atoms with Gasteiger partial charge in [0.25, 0.3) is 5.69 Å². The summed E-state index contributed by atoms with van der Waals surface area (Å²) in [6.07, 6.45) is 2.29. The van der Waals surface area contributed by atoms with Gasteiger partial charge in [0, 0.05) is 29.5 Å². The van der Waals surface area contributed by atoms with Crippen molar-refractivity contribution in [3.63, 3.8) is 0 Å². The van der Waals surface area contributed by atoms with Gasteiger partial charge in [0.2, 0.25) is 5.78 Å². The SMILES string of the molecule is NCC(=O)c1cc(C(=O)c2ccc(-c3ccccc3)cc2)n2ccc(Cc3ccc([N+](=O)[O-])cc3)cc12. The van der Waals surface area contributed by atoms with Crippen LogP contribution in [0.1, 0.15) is 37.5 Å². The quantitative estimate of drug-likeness (QED) is 0.176. The number of carbonyl (C=O) groups excluding carboxylic acids is 2. The summed E-state index contributed by atoms with van der Waals surface area (Å²) in [5.41, 5.74) is 11.4. The summed E-state index contributed by atoms with van der Waals surface area (Å²) in [7, 11) is 0. The number of carbonyl (C=O) groups is 2. The van der Waals surface area contributed by atoms with E-state index in [1.54, 1.807) is 40.9 Å². The zero-order valence-corrected chi connectivity index (χ0v) is 19.8. The standard InChI is InChI=1S/C30H23N3O4/c31-19-29(34)26-18-28(30(35)24-10-8-23(9-11-24)22-4-2-1-3-5-22)32-15-14-21(17-27(26)32)16-20-6-12-25(13-7-20)33(36)37/h1-15,17-18H,16,19,31H2. The lowest BCUT2D eigenvalue weighted by Crippen LogP contribution is -2.13. The molecule has 0 radical (unpaired) electrons. The molecule has 7 heteroatoms. The first-order valence-corrected chi connectivity index (χ1v) is 11.8. The molecule has 0 spiro atoms. The Labute approximate surface area is 212 Å². The van der Waals surface area contributed by atoms with Gasteiger partial charge >= 0.3 is 0 Å². The van der Waals surface area contributed by atoms with Gasteiger partial charge in [-0.15, -0.1) is 0 Å². The van der Waals surface area contributed by atoms with Crippen LogP contribution < -0.4 is 5.73 Å². The second-order valence-corrected chi connectivity index (χ2v) is 8.73. The average molecular weight is 490 g/mol. The van der Waals surface area contributed by atoms with E-state index >= 15 is 0 Å². The zero-order valence-electron chi connectivity index (χ0n) is 19.8. The summed E-state index contributed by atoms with van der Waals surface area (Å²) < 4.78 is 1.72. The van der Waals surface area contributed by atoms with Crippen LogP contribution in [-0.4, -0.2) is 27.4 Å². The second kappa shape index (κ2) is 10.0. The Kier molecular flexibility index (Phi) is 6.45. The number of fused-ring (bicyclic) bond motifs is 1. The van der Waals surface area contributed by atoms with Crippen LogP contribution in [0.2, 0.25) is 0 Å². The van der Waals surface area contributed by atoms with Crippen LogP contribution >= 0.6 is 0 Å². The van der Waals surface area contributed by atoms with Crippen molar-refractivity contribution < 1.29 is 14.5 Å². The van der Waals surface area contributed by atoms with Crippen molar-refractivity contribution in [1.29, 1.82) is 0 Å². The van der Waals surface area contributed by atoms with Crippen LogP contribution in [0.5, 0.6) is 0 Å². The summed E-state index contributed by atoms with van der Waals surface area (Å²) in [6, 6.07) is 29.0. The Balaban J connectivity index is 1.49. The van der Waals surface area contributed by atoms with Crippen molar-refractivity contribution in [2.75, 3.05) is 6.54 Å². The number of rotatable bonds is 8. The lowest BCUT2D eigenvalue weighted by atomic mass is 10.0. The fraction of sp³-hybridized carbons (Fsp3) is 0.0667. The summed E-state index contributed by atoms with van der Waals surface area (Å²) in [4.78, 5) is 36.6. The number of hydrogen-bond acceptors (Lipinski definition) is 5. The minimum absolute atomic E-state index is 0.0292. The van der Waals surface area contributed by atoms with Gasteiger partial charge in [-0.25, -0.2) is 0 Å². The molecule has 37 heavy (non-hydrogen) atoms. The molecule has 0 fully saturated rings. The minimum Gasteiger partial charge on any atom is -0.324 e. The number of nitrogens with zero attached hydrogens (tertiary/aromatic N) is 2. The molecule has 2 aromatic heterocycles. The summed E-state index contributed by atoms with van der Waals surface area (Å²) in [6.45, 7) is -0.175. The third kappa shape index (κ3) is 4.80. The van der Waals surface area contributed by atoms with Crippen LogP contribution in [0, 0.1) is 10.1 Å². The number of ketones is 2. The van der Waals surface area contributed by atoms with Crippen LogP contribution in [-0.2, 0) is 6.42 Å². The van der Waals surface area contributed by atoms with E-state index in [0.29, 0.717) is 28.8 Å². The van der Waals surface area contributed by atoms with E-state index < -0.39 is 4.92 Å². The summed E-state index contributed by atoms with van der Waals surface area (Å²) in [5.74, 6) is -0.461. The van der Waals surface area contributed by atoms with Crippen molar-refractivity contribution in [1.82, 2.24) is 4.40 Å². The molecule has 0 bridgehead atoms. The van der Waals surface area contributed by atoms with E-state index in [1.807, 2.05) is 54.6 Å². The van der Waals surface area contributed by atoms with Gasteiger partial charge in [-0.05, 0) is 46.9 Å². The number of aromatic nitrogens is 1. The minimum atomic E-state index is -0.436. The van der Waals surface area contributed by atoms with Crippen molar-refractivity contribution in [2.24, 2.45) is 5.73 Å². The first-order chi connectivity index (χ1) is 17.9. The van der Waals surface area contributed by atoms with E-state index in [1.165, 1.54) is 12.1 Å². The van der Waals surface area contributed by atoms with Gasteiger partial charge in [0.05, 0.1) is 22.7 Å². The molecule has 0 aliphatic rings. The maximum atomic E-state index is 13.5. The molecule has 0 saturated carbocycles. The number of nitro benzene ring substituents is 1. The van der Waals surface area contributed by atoms with Crippen molar-refractivity contribution in [2.45, 2.75) is 6.42 Å². The number of Topliss-reactive ketones (excluding diaryl/α,β-unsaturated/α-hetero) is 1. The van der Waals surface area contributed by atoms with Crippen LogP contribution in [0.25, 0.3) is 16.6 Å².